The van der Waals surface area contributed by atoms with Crippen molar-refractivity contribution >= 4 is 40.9 Å². The molecule has 0 radical (unpaired) electrons. The van der Waals surface area contributed by atoms with Gasteiger partial charge in [-0.05, 0) is 48.5 Å². The highest BCUT2D eigenvalue weighted by Crippen LogP contribution is 2.30. The van der Waals surface area contributed by atoms with Gasteiger partial charge in [-0.3, -0.25) is 9.59 Å². The molecule has 3 rings (SSSR count). The minimum atomic E-state index is -0.193. The van der Waals surface area contributed by atoms with E-state index in [1.165, 1.54) is 11.8 Å². The van der Waals surface area contributed by atoms with Crippen molar-refractivity contribution in [3.8, 4) is 0 Å². The van der Waals surface area contributed by atoms with E-state index in [-0.39, 0.29) is 17.1 Å². The Kier molecular flexibility index (Phi) is 4.88. The van der Waals surface area contributed by atoms with Gasteiger partial charge in [0.05, 0.1) is 6.61 Å². The molecule has 1 fully saturated rings. The van der Waals surface area contributed by atoms with Crippen LogP contribution in [0.15, 0.2) is 53.4 Å². The van der Waals surface area contributed by atoms with Gasteiger partial charge in [0.2, 0.25) is 0 Å². The molecule has 6 heteroatoms. The van der Waals surface area contributed by atoms with E-state index in [4.69, 9.17) is 16.3 Å². The zero-order chi connectivity index (χ0) is 16.2. The standard InChI is InChI=1S/C17H14ClNO3S/c18-12-3-1-11(2-4-12)16(20)19-13-5-7-14(8-6-13)23-15-9-10-22-17(15)21/h1-8,15H,9-10H2,(H,19,20). The second-order valence-corrected chi connectivity index (χ2v) is 6.76. The lowest BCUT2D eigenvalue weighted by Gasteiger charge is -2.08. The molecule has 0 bridgehead atoms. The summed E-state index contributed by atoms with van der Waals surface area (Å²) in [5, 5.41) is 3.28. The molecule has 1 N–H and O–H groups in total. The van der Waals surface area contributed by atoms with Crippen LogP contribution in [0.1, 0.15) is 16.8 Å². The summed E-state index contributed by atoms with van der Waals surface area (Å²) in [4.78, 5) is 24.5. The average Bonchev–Trinajstić information content (AvgIpc) is 2.95. The molecule has 0 spiro atoms. The summed E-state index contributed by atoms with van der Waals surface area (Å²) < 4.78 is 4.95. The topological polar surface area (TPSA) is 55.4 Å². The Bertz CT molecular complexity index is 716. The van der Waals surface area contributed by atoms with Crippen molar-refractivity contribution in [2.75, 3.05) is 11.9 Å². The molecular weight excluding hydrogens is 334 g/mol. The second-order valence-electron chi connectivity index (χ2n) is 5.05. The highest BCUT2D eigenvalue weighted by molar-refractivity contribution is 8.00. The van der Waals surface area contributed by atoms with Gasteiger partial charge in [-0.2, -0.15) is 0 Å². The highest BCUT2D eigenvalue weighted by atomic mass is 35.5. The van der Waals surface area contributed by atoms with Crippen LogP contribution in [0.5, 0.6) is 0 Å². The average molecular weight is 348 g/mol. The SMILES string of the molecule is O=C(Nc1ccc(SC2CCOC2=O)cc1)c1ccc(Cl)cc1. The molecule has 23 heavy (non-hydrogen) atoms. The maximum absolute atomic E-state index is 12.1. The summed E-state index contributed by atoms with van der Waals surface area (Å²) in [6.07, 6.45) is 0.735. The fourth-order valence-corrected chi connectivity index (χ4v) is 3.30. The number of amides is 1. The molecular formula is C17H14ClNO3S. The molecule has 1 unspecified atom stereocenters. The van der Waals surface area contributed by atoms with E-state index in [1.54, 1.807) is 24.3 Å². The smallest absolute Gasteiger partial charge is 0.319 e. The second kappa shape index (κ2) is 7.06. The fourth-order valence-electron chi connectivity index (χ4n) is 2.17. The summed E-state index contributed by atoms with van der Waals surface area (Å²) in [5.74, 6) is -0.350. The van der Waals surface area contributed by atoms with E-state index in [1.807, 2.05) is 24.3 Å². The van der Waals surface area contributed by atoms with Crippen LogP contribution in [-0.2, 0) is 9.53 Å². The summed E-state index contributed by atoms with van der Waals surface area (Å²) in [6.45, 7) is 0.492. The van der Waals surface area contributed by atoms with E-state index < -0.39 is 0 Å². The quantitative estimate of drug-likeness (QED) is 0.849. The van der Waals surface area contributed by atoms with Crippen LogP contribution in [-0.4, -0.2) is 23.7 Å². The third kappa shape index (κ3) is 4.06. The van der Waals surface area contributed by atoms with E-state index >= 15 is 0 Å². The van der Waals surface area contributed by atoms with E-state index in [0.29, 0.717) is 22.9 Å². The number of halogens is 1. The fraction of sp³-hybridized carbons (Fsp3) is 0.176. The van der Waals surface area contributed by atoms with Crippen LogP contribution in [0.4, 0.5) is 5.69 Å². The molecule has 1 aliphatic heterocycles. The minimum absolute atomic E-state index is 0.135. The first-order chi connectivity index (χ1) is 11.1. The lowest BCUT2D eigenvalue weighted by Crippen LogP contribution is -2.11. The number of thioether (sulfide) groups is 1. The van der Waals surface area contributed by atoms with E-state index in [0.717, 1.165) is 11.3 Å². The zero-order valence-electron chi connectivity index (χ0n) is 12.1. The molecule has 1 aliphatic rings. The molecule has 0 saturated carbocycles. The Morgan fingerprint density at radius 1 is 1.13 bits per heavy atom. The molecule has 1 atom stereocenters. The number of nitrogens with one attached hydrogen (secondary N) is 1. The maximum Gasteiger partial charge on any atom is 0.319 e. The van der Waals surface area contributed by atoms with Gasteiger partial charge in [0, 0.05) is 27.6 Å². The van der Waals surface area contributed by atoms with Crippen LogP contribution in [0.3, 0.4) is 0 Å². The number of cyclic esters (lactones) is 1. The Morgan fingerprint density at radius 2 is 1.83 bits per heavy atom. The maximum atomic E-state index is 12.1. The number of carbonyl (C=O) groups is 2. The van der Waals surface area contributed by atoms with E-state index in [2.05, 4.69) is 5.32 Å². The van der Waals surface area contributed by atoms with Crippen molar-refractivity contribution in [1.29, 1.82) is 0 Å². The van der Waals surface area contributed by atoms with Crippen LogP contribution < -0.4 is 5.32 Å². The first kappa shape index (κ1) is 15.9. The molecule has 0 aliphatic carbocycles. The van der Waals surface area contributed by atoms with Crippen molar-refractivity contribution < 1.29 is 14.3 Å². The number of hydrogen-bond acceptors (Lipinski definition) is 4. The van der Waals surface area contributed by atoms with Gasteiger partial charge in [0.1, 0.15) is 5.25 Å². The van der Waals surface area contributed by atoms with Gasteiger partial charge in [-0.15, -0.1) is 11.8 Å². The first-order valence-electron chi connectivity index (χ1n) is 7.12. The van der Waals surface area contributed by atoms with Gasteiger partial charge >= 0.3 is 5.97 Å². The minimum Gasteiger partial charge on any atom is -0.465 e. The van der Waals surface area contributed by atoms with Crippen LogP contribution in [0.25, 0.3) is 0 Å². The van der Waals surface area contributed by atoms with Gasteiger partial charge < -0.3 is 10.1 Å². The van der Waals surface area contributed by atoms with Crippen LogP contribution in [0, 0.1) is 0 Å². The summed E-state index contributed by atoms with van der Waals surface area (Å²) >= 11 is 7.29. The van der Waals surface area contributed by atoms with Crippen molar-refractivity contribution in [2.45, 2.75) is 16.6 Å². The molecule has 1 saturated heterocycles. The third-order valence-electron chi connectivity index (χ3n) is 3.38. The predicted octanol–water partition coefficient (Wildman–Crippen LogP) is 4.00. The Labute approximate surface area is 143 Å². The highest BCUT2D eigenvalue weighted by Gasteiger charge is 2.27. The van der Waals surface area contributed by atoms with Crippen molar-refractivity contribution in [3.05, 3.63) is 59.1 Å². The Hall–Kier alpha value is -1.98. The molecule has 2 aromatic carbocycles. The van der Waals surface area contributed by atoms with Crippen molar-refractivity contribution in [3.63, 3.8) is 0 Å². The van der Waals surface area contributed by atoms with Gasteiger partial charge in [0.15, 0.2) is 0 Å². The molecule has 0 aromatic heterocycles. The molecule has 1 heterocycles. The molecule has 2 aromatic rings. The van der Waals surface area contributed by atoms with Gasteiger partial charge in [0.25, 0.3) is 5.91 Å². The van der Waals surface area contributed by atoms with Crippen LogP contribution >= 0.6 is 23.4 Å². The largest absolute Gasteiger partial charge is 0.465 e. The molecule has 4 nitrogen and oxygen atoms in total. The lowest BCUT2D eigenvalue weighted by atomic mass is 10.2. The summed E-state index contributed by atoms with van der Waals surface area (Å²) in [7, 11) is 0. The monoisotopic (exact) mass is 347 g/mol. The summed E-state index contributed by atoms with van der Waals surface area (Å²) in [5.41, 5.74) is 1.24. The first-order valence-corrected chi connectivity index (χ1v) is 8.38. The number of ether oxygens (including phenoxy) is 1. The number of carbonyl (C=O) groups excluding carboxylic acids is 2. The van der Waals surface area contributed by atoms with E-state index in [9.17, 15) is 9.59 Å². The predicted molar refractivity (Wildman–Crippen MR) is 91.1 cm³/mol. The van der Waals surface area contributed by atoms with Crippen molar-refractivity contribution in [1.82, 2.24) is 0 Å². The number of esters is 1. The normalized spacial score (nSPS) is 16.9. The lowest BCUT2D eigenvalue weighted by molar-refractivity contribution is -0.137. The van der Waals surface area contributed by atoms with Gasteiger partial charge in [-0.1, -0.05) is 11.6 Å². The zero-order valence-corrected chi connectivity index (χ0v) is 13.7. The molecule has 1 amide bonds. The molecule has 118 valence electrons. The van der Waals surface area contributed by atoms with Gasteiger partial charge in [-0.25, -0.2) is 0 Å². The van der Waals surface area contributed by atoms with Crippen molar-refractivity contribution in [2.24, 2.45) is 0 Å². The Balaban J connectivity index is 1.62. The number of hydrogen-bond donors (Lipinski definition) is 1. The third-order valence-corrected chi connectivity index (χ3v) is 4.89. The van der Waals surface area contributed by atoms with Crippen LogP contribution in [0.2, 0.25) is 5.02 Å². The number of anilines is 1. The number of benzene rings is 2. The Morgan fingerprint density at radius 3 is 2.43 bits per heavy atom. The summed E-state index contributed by atoms with van der Waals surface area (Å²) in [6, 6.07) is 14.1. The number of rotatable bonds is 4.